The molecule has 0 aliphatic heterocycles. The maximum Gasteiger partial charge on any atom is 0.308 e. The van der Waals surface area contributed by atoms with Crippen LogP contribution >= 0.6 is 22.6 Å². The van der Waals surface area contributed by atoms with Gasteiger partial charge in [-0.25, -0.2) is 0 Å². The standard InChI is InChI=1S/C10H9IO4/c1-6(12)14-9-3-8(11)4-10(5-9)15-7(2)13/h3-5H,1-2H3. The quantitative estimate of drug-likeness (QED) is 0.476. The number of carbonyl (C=O) groups is 2. The van der Waals surface area contributed by atoms with Gasteiger partial charge in [0, 0.05) is 23.5 Å². The van der Waals surface area contributed by atoms with Gasteiger partial charge in [0.25, 0.3) is 0 Å². The van der Waals surface area contributed by atoms with Crippen molar-refractivity contribution in [2.75, 3.05) is 0 Å². The van der Waals surface area contributed by atoms with E-state index in [1.165, 1.54) is 19.9 Å². The molecule has 0 bridgehead atoms. The van der Waals surface area contributed by atoms with E-state index < -0.39 is 11.9 Å². The van der Waals surface area contributed by atoms with Gasteiger partial charge in [-0.05, 0) is 34.7 Å². The van der Waals surface area contributed by atoms with Crippen molar-refractivity contribution in [3.8, 4) is 11.5 Å². The molecule has 0 radical (unpaired) electrons. The summed E-state index contributed by atoms with van der Waals surface area (Å²) in [6.45, 7) is 2.62. The molecule has 0 aromatic heterocycles. The van der Waals surface area contributed by atoms with Gasteiger partial charge in [0.15, 0.2) is 0 Å². The van der Waals surface area contributed by atoms with E-state index in [9.17, 15) is 9.59 Å². The Hall–Kier alpha value is -1.11. The van der Waals surface area contributed by atoms with Crippen LogP contribution in [0, 0.1) is 3.57 Å². The third-order valence-electron chi connectivity index (χ3n) is 1.37. The van der Waals surface area contributed by atoms with Crippen LogP contribution in [0.2, 0.25) is 0 Å². The molecule has 5 heteroatoms. The first kappa shape index (κ1) is 12.0. The number of ether oxygens (including phenoxy) is 2. The summed E-state index contributed by atoms with van der Waals surface area (Å²) in [4.78, 5) is 21.5. The Morgan fingerprint density at radius 1 is 1.00 bits per heavy atom. The molecule has 0 fully saturated rings. The third kappa shape index (κ3) is 4.28. The van der Waals surface area contributed by atoms with E-state index in [0.29, 0.717) is 11.5 Å². The fourth-order valence-corrected chi connectivity index (χ4v) is 1.60. The molecular formula is C10H9IO4. The van der Waals surface area contributed by atoms with Crippen molar-refractivity contribution in [2.45, 2.75) is 13.8 Å². The lowest BCUT2D eigenvalue weighted by Crippen LogP contribution is -2.04. The molecule has 1 rings (SSSR count). The summed E-state index contributed by atoms with van der Waals surface area (Å²) < 4.78 is 10.6. The predicted octanol–water partition coefficient (Wildman–Crippen LogP) is 2.14. The zero-order valence-electron chi connectivity index (χ0n) is 8.24. The Balaban J connectivity index is 2.94. The Morgan fingerprint density at radius 2 is 1.40 bits per heavy atom. The highest BCUT2D eigenvalue weighted by Gasteiger charge is 2.05. The van der Waals surface area contributed by atoms with E-state index in [-0.39, 0.29) is 0 Å². The van der Waals surface area contributed by atoms with E-state index in [1.54, 1.807) is 12.1 Å². The van der Waals surface area contributed by atoms with E-state index in [4.69, 9.17) is 9.47 Å². The topological polar surface area (TPSA) is 52.6 Å². The Kier molecular flexibility index (Phi) is 4.07. The molecule has 0 atom stereocenters. The van der Waals surface area contributed by atoms with Crippen LogP contribution in [-0.2, 0) is 9.59 Å². The summed E-state index contributed by atoms with van der Waals surface area (Å²) in [5, 5.41) is 0. The molecule has 0 amide bonds. The molecule has 0 N–H and O–H groups in total. The number of benzene rings is 1. The summed E-state index contributed by atoms with van der Waals surface area (Å²) in [5.74, 6) is -0.0900. The third-order valence-corrected chi connectivity index (χ3v) is 1.99. The summed E-state index contributed by atoms with van der Waals surface area (Å²) in [5.41, 5.74) is 0. The summed E-state index contributed by atoms with van der Waals surface area (Å²) in [7, 11) is 0. The Labute approximate surface area is 101 Å². The van der Waals surface area contributed by atoms with Crippen LogP contribution in [-0.4, -0.2) is 11.9 Å². The normalized spacial score (nSPS) is 9.53. The smallest absolute Gasteiger partial charge is 0.308 e. The Morgan fingerprint density at radius 3 is 1.73 bits per heavy atom. The largest absolute Gasteiger partial charge is 0.427 e. The molecule has 0 unspecified atom stereocenters. The van der Waals surface area contributed by atoms with Gasteiger partial charge in [0.1, 0.15) is 11.5 Å². The second kappa shape index (κ2) is 5.11. The molecule has 0 aliphatic rings. The highest BCUT2D eigenvalue weighted by atomic mass is 127. The van der Waals surface area contributed by atoms with Crippen molar-refractivity contribution in [3.63, 3.8) is 0 Å². The Bertz CT molecular complexity index is 366. The van der Waals surface area contributed by atoms with Gasteiger partial charge in [0.05, 0.1) is 0 Å². The SMILES string of the molecule is CC(=O)Oc1cc(I)cc(OC(C)=O)c1. The average molecular weight is 320 g/mol. The molecule has 1 aromatic carbocycles. The maximum atomic E-state index is 10.7. The van der Waals surface area contributed by atoms with Crippen molar-refractivity contribution >= 4 is 34.5 Å². The highest BCUT2D eigenvalue weighted by molar-refractivity contribution is 14.1. The van der Waals surface area contributed by atoms with Crippen LogP contribution < -0.4 is 9.47 Å². The monoisotopic (exact) mass is 320 g/mol. The predicted molar refractivity (Wildman–Crippen MR) is 61.8 cm³/mol. The zero-order chi connectivity index (χ0) is 11.4. The van der Waals surface area contributed by atoms with Gasteiger partial charge < -0.3 is 9.47 Å². The lowest BCUT2D eigenvalue weighted by molar-refractivity contribution is -0.132. The summed E-state index contributed by atoms with van der Waals surface area (Å²) in [6, 6.07) is 4.84. The number of rotatable bonds is 2. The maximum absolute atomic E-state index is 10.7. The number of halogens is 1. The van der Waals surface area contributed by atoms with Crippen LogP contribution in [0.15, 0.2) is 18.2 Å². The second-order valence-electron chi connectivity index (χ2n) is 2.81. The first-order valence-electron chi connectivity index (χ1n) is 4.15. The number of carbonyl (C=O) groups excluding carboxylic acids is 2. The first-order valence-corrected chi connectivity index (χ1v) is 5.22. The highest BCUT2D eigenvalue weighted by Crippen LogP contribution is 2.24. The van der Waals surface area contributed by atoms with E-state index in [2.05, 4.69) is 0 Å². The molecule has 0 saturated heterocycles. The van der Waals surface area contributed by atoms with Crippen LogP contribution in [0.1, 0.15) is 13.8 Å². The van der Waals surface area contributed by atoms with Gasteiger partial charge in [-0.3, -0.25) is 9.59 Å². The molecule has 0 aliphatic carbocycles. The van der Waals surface area contributed by atoms with E-state index >= 15 is 0 Å². The van der Waals surface area contributed by atoms with Crippen molar-refractivity contribution < 1.29 is 19.1 Å². The molecular weight excluding hydrogens is 311 g/mol. The minimum Gasteiger partial charge on any atom is -0.427 e. The van der Waals surface area contributed by atoms with Crippen molar-refractivity contribution in [1.29, 1.82) is 0 Å². The summed E-state index contributed by atoms with van der Waals surface area (Å²) in [6.07, 6.45) is 0. The van der Waals surface area contributed by atoms with E-state index in [0.717, 1.165) is 3.57 Å². The number of esters is 2. The number of hydrogen-bond donors (Lipinski definition) is 0. The zero-order valence-corrected chi connectivity index (χ0v) is 10.4. The molecule has 80 valence electrons. The molecule has 0 heterocycles. The van der Waals surface area contributed by atoms with Crippen molar-refractivity contribution in [1.82, 2.24) is 0 Å². The van der Waals surface area contributed by atoms with Gasteiger partial charge in [-0.15, -0.1) is 0 Å². The molecule has 0 spiro atoms. The van der Waals surface area contributed by atoms with Gasteiger partial charge in [0.2, 0.25) is 0 Å². The van der Waals surface area contributed by atoms with Crippen LogP contribution in [0.4, 0.5) is 0 Å². The lowest BCUT2D eigenvalue weighted by atomic mass is 10.3. The van der Waals surface area contributed by atoms with Crippen molar-refractivity contribution in [3.05, 3.63) is 21.8 Å². The van der Waals surface area contributed by atoms with E-state index in [1.807, 2.05) is 22.6 Å². The fourth-order valence-electron chi connectivity index (χ4n) is 0.987. The minimum absolute atomic E-state index is 0.366. The average Bonchev–Trinajstić information content (AvgIpc) is 1.98. The molecule has 0 saturated carbocycles. The molecule has 4 nitrogen and oxygen atoms in total. The van der Waals surface area contributed by atoms with Gasteiger partial charge in [-0.2, -0.15) is 0 Å². The van der Waals surface area contributed by atoms with Gasteiger partial charge >= 0.3 is 11.9 Å². The minimum atomic E-state index is -0.411. The van der Waals surface area contributed by atoms with Crippen LogP contribution in [0.25, 0.3) is 0 Å². The lowest BCUT2D eigenvalue weighted by Gasteiger charge is -2.05. The number of hydrogen-bond acceptors (Lipinski definition) is 4. The van der Waals surface area contributed by atoms with Gasteiger partial charge in [-0.1, -0.05) is 0 Å². The summed E-state index contributed by atoms with van der Waals surface area (Å²) >= 11 is 2.04. The van der Waals surface area contributed by atoms with Crippen LogP contribution in [0.3, 0.4) is 0 Å². The molecule has 1 aromatic rings. The second-order valence-corrected chi connectivity index (χ2v) is 4.06. The first-order chi connectivity index (χ1) is 6.97. The fraction of sp³-hybridized carbons (Fsp3) is 0.200. The van der Waals surface area contributed by atoms with Crippen molar-refractivity contribution in [2.24, 2.45) is 0 Å². The molecule has 15 heavy (non-hydrogen) atoms. The van der Waals surface area contributed by atoms with Crippen LogP contribution in [0.5, 0.6) is 11.5 Å².